The van der Waals surface area contributed by atoms with Gasteiger partial charge in [-0.05, 0) is 18.6 Å². The van der Waals surface area contributed by atoms with E-state index < -0.39 is 15.7 Å². The smallest absolute Gasteiger partial charge is 0.273 e. The highest BCUT2D eigenvalue weighted by atomic mass is 32.2. The molecule has 3 rings (SSSR count). The average molecular weight is 378 g/mol. The molecule has 1 atom stereocenters. The fourth-order valence-electron chi connectivity index (χ4n) is 2.62. The SMILES string of the molecule is O=C(CCNC(=O)c1cc(-c2cccnc2)on1)N[C@H]1CCS(=O)(=O)C1. The molecule has 0 unspecified atom stereocenters. The van der Waals surface area contributed by atoms with Crippen molar-refractivity contribution in [3.8, 4) is 11.3 Å². The Kier molecular flexibility index (Phi) is 5.31. The van der Waals surface area contributed by atoms with Gasteiger partial charge < -0.3 is 15.2 Å². The Balaban J connectivity index is 1.44. The first-order valence-corrected chi connectivity index (χ1v) is 9.90. The van der Waals surface area contributed by atoms with Crippen molar-refractivity contribution >= 4 is 21.7 Å². The van der Waals surface area contributed by atoms with E-state index in [4.69, 9.17) is 4.52 Å². The van der Waals surface area contributed by atoms with Gasteiger partial charge in [-0.1, -0.05) is 5.16 Å². The molecule has 0 spiro atoms. The quantitative estimate of drug-likeness (QED) is 0.732. The van der Waals surface area contributed by atoms with Gasteiger partial charge in [0.15, 0.2) is 21.3 Å². The zero-order chi connectivity index (χ0) is 18.6. The highest BCUT2D eigenvalue weighted by Gasteiger charge is 2.28. The highest BCUT2D eigenvalue weighted by Crippen LogP contribution is 2.18. The van der Waals surface area contributed by atoms with Crippen LogP contribution >= 0.6 is 0 Å². The summed E-state index contributed by atoms with van der Waals surface area (Å²) in [6, 6.07) is 4.67. The second-order valence-electron chi connectivity index (χ2n) is 5.99. The first-order chi connectivity index (χ1) is 12.4. The van der Waals surface area contributed by atoms with E-state index in [1.807, 2.05) is 0 Å². The number of pyridine rings is 1. The van der Waals surface area contributed by atoms with Gasteiger partial charge in [0.05, 0.1) is 11.5 Å². The number of amides is 2. The number of carbonyl (C=O) groups is 2. The summed E-state index contributed by atoms with van der Waals surface area (Å²) in [5.74, 6) is -0.270. The molecule has 0 aromatic carbocycles. The summed E-state index contributed by atoms with van der Waals surface area (Å²) >= 11 is 0. The van der Waals surface area contributed by atoms with Gasteiger partial charge in [-0.15, -0.1) is 0 Å². The molecule has 9 nitrogen and oxygen atoms in total. The van der Waals surface area contributed by atoms with Gasteiger partial charge in [-0.25, -0.2) is 8.42 Å². The number of rotatable bonds is 6. The lowest BCUT2D eigenvalue weighted by Gasteiger charge is -2.10. The first kappa shape index (κ1) is 18.1. The molecule has 10 heteroatoms. The van der Waals surface area contributed by atoms with E-state index in [-0.39, 0.29) is 42.1 Å². The first-order valence-electron chi connectivity index (χ1n) is 8.08. The van der Waals surface area contributed by atoms with Crippen LogP contribution in [-0.4, -0.2) is 54.5 Å². The Morgan fingerprint density at radius 2 is 2.19 bits per heavy atom. The van der Waals surface area contributed by atoms with Crippen molar-refractivity contribution in [1.29, 1.82) is 0 Å². The van der Waals surface area contributed by atoms with Gasteiger partial charge in [0.1, 0.15) is 0 Å². The Labute approximate surface area is 150 Å². The maximum atomic E-state index is 12.0. The Hall–Kier alpha value is -2.75. The molecule has 3 heterocycles. The van der Waals surface area contributed by atoms with Gasteiger partial charge in [-0.2, -0.15) is 0 Å². The largest absolute Gasteiger partial charge is 0.355 e. The number of nitrogens with one attached hydrogen (secondary N) is 2. The van der Waals surface area contributed by atoms with Gasteiger partial charge in [0, 0.05) is 43.0 Å². The normalized spacial score (nSPS) is 18.4. The summed E-state index contributed by atoms with van der Waals surface area (Å²) in [5.41, 5.74) is 0.802. The molecule has 0 bridgehead atoms. The van der Waals surface area contributed by atoms with Gasteiger partial charge in [0.25, 0.3) is 5.91 Å². The molecule has 1 fully saturated rings. The summed E-state index contributed by atoms with van der Waals surface area (Å²) in [5, 5.41) is 8.95. The van der Waals surface area contributed by atoms with Crippen molar-refractivity contribution < 1.29 is 22.5 Å². The molecule has 1 saturated heterocycles. The van der Waals surface area contributed by atoms with Crippen LogP contribution in [0.2, 0.25) is 0 Å². The molecular formula is C16H18N4O5S. The molecule has 138 valence electrons. The van der Waals surface area contributed by atoms with Crippen molar-refractivity contribution in [2.75, 3.05) is 18.1 Å². The van der Waals surface area contributed by atoms with Gasteiger partial charge in [0.2, 0.25) is 5.91 Å². The number of hydrogen-bond donors (Lipinski definition) is 2. The van der Waals surface area contributed by atoms with Crippen molar-refractivity contribution in [1.82, 2.24) is 20.8 Å². The number of nitrogens with zero attached hydrogens (tertiary/aromatic N) is 2. The zero-order valence-electron chi connectivity index (χ0n) is 13.8. The fraction of sp³-hybridized carbons (Fsp3) is 0.375. The molecule has 0 aliphatic carbocycles. The Bertz CT molecular complexity index is 894. The average Bonchev–Trinajstić information content (AvgIpc) is 3.22. The van der Waals surface area contributed by atoms with Crippen LogP contribution in [0.25, 0.3) is 11.3 Å². The molecule has 0 saturated carbocycles. The third kappa shape index (κ3) is 4.66. The van der Waals surface area contributed by atoms with Crippen LogP contribution in [-0.2, 0) is 14.6 Å². The number of carbonyl (C=O) groups excluding carboxylic acids is 2. The lowest BCUT2D eigenvalue weighted by Crippen LogP contribution is -2.37. The third-order valence-corrected chi connectivity index (χ3v) is 5.69. The van der Waals surface area contributed by atoms with Gasteiger partial charge >= 0.3 is 0 Å². The van der Waals surface area contributed by atoms with Crippen LogP contribution in [0, 0.1) is 0 Å². The molecule has 26 heavy (non-hydrogen) atoms. The molecule has 2 aromatic heterocycles. The Morgan fingerprint density at radius 3 is 2.88 bits per heavy atom. The molecule has 2 amide bonds. The van der Waals surface area contributed by atoms with Gasteiger partial charge in [-0.3, -0.25) is 14.6 Å². The fourth-order valence-corrected chi connectivity index (χ4v) is 4.29. The van der Waals surface area contributed by atoms with Crippen molar-refractivity contribution in [2.24, 2.45) is 0 Å². The molecular weight excluding hydrogens is 360 g/mol. The van der Waals surface area contributed by atoms with Crippen LogP contribution in [0.3, 0.4) is 0 Å². The summed E-state index contributed by atoms with van der Waals surface area (Å²) in [7, 11) is -3.04. The lowest BCUT2D eigenvalue weighted by atomic mass is 10.2. The van der Waals surface area contributed by atoms with Crippen LogP contribution in [0.5, 0.6) is 0 Å². The van der Waals surface area contributed by atoms with E-state index in [2.05, 4.69) is 20.8 Å². The lowest BCUT2D eigenvalue weighted by molar-refractivity contribution is -0.121. The molecule has 1 aliphatic heterocycles. The monoisotopic (exact) mass is 378 g/mol. The van der Waals surface area contributed by atoms with Crippen LogP contribution in [0.4, 0.5) is 0 Å². The maximum absolute atomic E-state index is 12.0. The second kappa shape index (κ2) is 7.65. The van der Waals surface area contributed by atoms with Crippen molar-refractivity contribution in [3.05, 3.63) is 36.3 Å². The highest BCUT2D eigenvalue weighted by molar-refractivity contribution is 7.91. The maximum Gasteiger partial charge on any atom is 0.273 e. The van der Waals surface area contributed by atoms with Crippen molar-refractivity contribution in [3.63, 3.8) is 0 Å². The summed E-state index contributed by atoms with van der Waals surface area (Å²) in [6.07, 6.45) is 3.70. The topological polar surface area (TPSA) is 131 Å². The minimum atomic E-state index is -3.04. The third-order valence-electron chi connectivity index (χ3n) is 3.92. The van der Waals surface area contributed by atoms with E-state index in [0.717, 1.165) is 0 Å². The Morgan fingerprint density at radius 1 is 1.35 bits per heavy atom. The summed E-state index contributed by atoms with van der Waals surface area (Å²) in [4.78, 5) is 27.8. The van der Waals surface area contributed by atoms with E-state index in [1.165, 1.54) is 6.07 Å². The zero-order valence-corrected chi connectivity index (χ0v) is 14.7. The summed E-state index contributed by atoms with van der Waals surface area (Å²) < 4.78 is 27.8. The minimum Gasteiger partial charge on any atom is -0.355 e. The predicted molar refractivity (Wildman–Crippen MR) is 91.9 cm³/mol. The van der Waals surface area contributed by atoms with E-state index in [1.54, 1.807) is 24.5 Å². The number of sulfone groups is 1. The number of aromatic nitrogens is 2. The standard InChI is InChI=1S/C16H18N4O5S/c21-15(19-12-4-7-26(23,24)10-12)3-6-18-16(22)13-8-14(25-20-13)11-2-1-5-17-9-11/h1-2,5,8-9,12H,3-4,6-7,10H2,(H,18,22)(H,19,21)/t12-/m0/s1. The van der Waals surface area contributed by atoms with E-state index in [9.17, 15) is 18.0 Å². The molecule has 0 radical (unpaired) electrons. The predicted octanol–water partition coefficient (Wildman–Crippen LogP) is 0.160. The number of hydrogen-bond acceptors (Lipinski definition) is 7. The summed E-state index contributed by atoms with van der Waals surface area (Å²) in [6.45, 7) is 0.110. The van der Waals surface area contributed by atoms with Crippen LogP contribution in [0.1, 0.15) is 23.3 Å². The van der Waals surface area contributed by atoms with Crippen LogP contribution in [0.15, 0.2) is 35.1 Å². The van der Waals surface area contributed by atoms with Crippen molar-refractivity contribution in [2.45, 2.75) is 18.9 Å². The minimum absolute atomic E-state index is 0.0266. The van der Waals surface area contributed by atoms with E-state index >= 15 is 0 Å². The molecule has 1 aliphatic rings. The van der Waals surface area contributed by atoms with E-state index in [0.29, 0.717) is 17.7 Å². The molecule has 2 aromatic rings. The van der Waals surface area contributed by atoms with Crippen LogP contribution < -0.4 is 10.6 Å². The second-order valence-corrected chi connectivity index (χ2v) is 8.22. The molecule has 2 N–H and O–H groups in total.